The second-order valence-corrected chi connectivity index (χ2v) is 11.2. The van der Waals surface area contributed by atoms with Gasteiger partial charge in [0.05, 0.1) is 22.7 Å². The van der Waals surface area contributed by atoms with E-state index >= 15 is 0 Å². The number of fused-ring (bicyclic) bond motifs is 1. The van der Waals surface area contributed by atoms with E-state index in [4.69, 9.17) is 9.15 Å². The lowest BCUT2D eigenvalue weighted by atomic mass is 10.0. The lowest BCUT2D eigenvalue weighted by Crippen LogP contribution is -2.24. The summed E-state index contributed by atoms with van der Waals surface area (Å²) in [5.41, 5.74) is 1.48. The van der Waals surface area contributed by atoms with E-state index in [1.54, 1.807) is 51.1 Å². The van der Waals surface area contributed by atoms with Crippen LogP contribution in [0, 0.1) is 6.92 Å². The Bertz CT molecular complexity index is 1370. The third-order valence-electron chi connectivity index (χ3n) is 5.05. The number of rotatable bonds is 6. The molecule has 0 aliphatic rings. The van der Waals surface area contributed by atoms with Gasteiger partial charge in [-0.25, -0.2) is 13.2 Å². The average Bonchev–Trinajstić information content (AvgIpc) is 2.72. The van der Waals surface area contributed by atoms with Gasteiger partial charge in [-0.15, -0.1) is 0 Å². The number of carbonyl (C=O) groups is 1. The van der Waals surface area contributed by atoms with Crippen molar-refractivity contribution in [3.63, 3.8) is 0 Å². The van der Waals surface area contributed by atoms with Crippen LogP contribution in [-0.2, 0) is 14.6 Å². The maximum absolute atomic E-state index is 12.7. The summed E-state index contributed by atoms with van der Waals surface area (Å²) in [6, 6.07) is 11.1. The van der Waals surface area contributed by atoms with E-state index in [9.17, 15) is 18.0 Å². The molecule has 0 spiro atoms. The van der Waals surface area contributed by atoms with Crippen LogP contribution >= 0.6 is 0 Å². The average molecular weight is 472 g/mol. The number of sulfone groups is 1. The van der Waals surface area contributed by atoms with Gasteiger partial charge in [0.25, 0.3) is 0 Å². The molecule has 1 heterocycles. The zero-order chi connectivity index (χ0) is 24.6. The highest BCUT2D eigenvalue weighted by molar-refractivity contribution is 7.91. The van der Waals surface area contributed by atoms with Crippen molar-refractivity contribution in [3.05, 3.63) is 69.4 Å². The van der Waals surface area contributed by atoms with Gasteiger partial charge in [-0.1, -0.05) is 25.1 Å². The minimum Gasteiger partial charge on any atom is -0.456 e. The van der Waals surface area contributed by atoms with E-state index in [-0.39, 0.29) is 16.4 Å². The fourth-order valence-corrected chi connectivity index (χ4v) is 4.24. The number of esters is 1. The minimum atomic E-state index is -3.71. The molecule has 3 rings (SSSR count). The summed E-state index contributed by atoms with van der Waals surface area (Å²) in [5.74, 6) is -0.644. The molecule has 2 aromatic carbocycles. The first-order chi connectivity index (χ1) is 15.3. The van der Waals surface area contributed by atoms with E-state index in [1.165, 1.54) is 6.92 Å². The summed E-state index contributed by atoms with van der Waals surface area (Å²) in [6.45, 7) is 10.6. The van der Waals surface area contributed by atoms with Crippen LogP contribution < -0.4 is 10.7 Å². The molecule has 0 saturated heterocycles. The molecular weight excluding hydrogens is 442 g/mol. The Balaban J connectivity index is 2.10. The molecule has 0 radical (unpaired) electrons. The number of benzene rings is 2. The smallest absolute Gasteiger partial charge is 0.340 e. The number of anilines is 1. The first-order valence-electron chi connectivity index (χ1n) is 10.7. The largest absolute Gasteiger partial charge is 0.456 e. The Morgan fingerprint density at radius 1 is 1.15 bits per heavy atom. The Kier molecular flexibility index (Phi) is 6.70. The van der Waals surface area contributed by atoms with E-state index < -0.39 is 32.9 Å². The molecule has 0 fully saturated rings. The molecule has 3 aromatic rings. The zero-order valence-electron chi connectivity index (χ0n) is 19.7. The van der Waals surface area contributed by atoms with Crippen molar-refractivity contribution in [1.29, 1.82) is 0 Å². The number of para-hydroxylation sites is 1. The van der Waals surface area contributed by atoms with Crippen LogP contribution in [0.2, 0.25) is 0 Å². The summed E-state index contributed by atoms with van der Waals surface area (Å²) < 4.78 is 36.0. The number of aryl methyl sites for hydroxylation is 1. The Labute approximate surface area is 193 Å². The molecule has 8 heteroatoms. The van der Waals surface area contributed by atoms with Gasteiger partial charge < -0.3 is 14.5 Å². The van der Waals surface area contributed by atoms with E-state index in [1.807, 2.05) is 19.9 Å². The van der Waals surface area contributed by atoms with Crippen molar-refractivity contribution in [2.75, 3.05) is 11.1 Å². The molecule has 1 N–H and O–H groups in total. The van der Waals surface area contributed by atoms with Crippen molar-refractivity contribution in [3.8, 4) is 0 Å². The van der Waals surface area contributed by atoms with Crippen LogP contribution in [0.25, 0.3) is 11.0 Å². The molecule has 0 aliphatic heterocycles. The molecule has 7 nitrogen and oxygen atoms in total. The lowest BCUT2D eigenvalue weighted by Gasteiger charge is -2.22. The van der Waals surface area contributed by atoms with Crippen LogP contribution in [-0.4, -0.2) is 25.7 Å². The first kappa shape index (κ1) is 24.5. The summed E-state index contributed by atoms with van der Waals surface area (Å²) >= 11 is 0. The standard InChI is InChI=1S/C25H29NO6S/c1-7-33(29,30)22-14-21(27)19-13-15(2)12-18(23(19)31-22)16(3)26-20-11-9-8-10-17(20)24(28)32-25(4,5)6/h8-14,16,26H,7H2,1-6H3/t16-/m1/s1. The van der Waals surface area contributed by atoms with E-state index in [2.05, 4.69) is 5.32 Å². The fourth-order valence-electron chi connectivity index (χ4n) is 3.46. The monoisotopic (exact) mass is 471 g/mol. The second kappa shape index (κ2) is 9.02. The number of ether oxygens (including phenoxy) is 1. The quantitative estimate of drug-likeness (QED) is 0.503. The molecule has 1 aromatic heterocycles. The van der Waals surface area contributed by atoms with E-state index in [0.29, 0.717) is 22.2 Å². The molecule has 1 atom stereocenters. The van der Waals surface area contributed by atoms with Crippen LogP contribution in [0.5, 0.6) is 0 Å². The van der Waals surface area contributed by atoms with Gasteiger partial charge in [-0.05, 0) is 58.4 Å². The van der Waals surface area contributed by atoms with Gasteiger partial charge >= 0.3 is 5.97 Å². The van der Waals surface area contributed by atoms with Gasteiger partial charge in [-0.2, -0.15) is 0 Å². The summed E-state index contributed by atoms with van der Waals surface area (Å²) in [6.07, 6.45) is 0. The van der Waals surface area contributed by atoms with Crippen LogP contribution in [0.15, 0.2) is 56.8 Å². The number of hydrogen-bond donors (Lipinski definition) is 1. The summed E-state index contributed by atoms with van der Waals surface area (Å²) in [4.78, 5) is 25.4. The molecule has 0 bridgehead atoms. The van der Waals surface area contributed by atoms with Crippen molar-refractivity contribution >= 4 is 32.5 Å². The van der Waals surface area contributed by atoms with E-state index in [0.717, 1.165) is 11.6 Å². The third kappa shape index (κ3) is 5.45. The first-order valence-corrected chi connectivity index (χ1v) is 12.4. The fraction of sp³-hybridized carbons (Fsp3) is 0.360. The van der Waals surface area contributed by atoms with Crippen LogP contribution in [0.3, 0.4) is 0 Å². The summed E-state index contributed by atoms with van der Waals surface area (Å²) in [7, 11) is -3.71. The van der Waals surface area contributed by atoms with Crippen molar-refractivity contribution in [1.82, 2.24) is 0 Å². The van der Waals surface area contributed by atoms with Gasteiger partial charge in [0, 0.05) is 17.3 Å². The van der Waals surface area contributed by atoms with Crippen LogP contribution in [0.4, 0.5) is 5.69 Å². The molecule has 0 saturated carbocycles. The highest BCUT2D eigenvalue weighted by Crippen LogP contribution is 2.30. The molecular formula is C25H29NO6S. The molecule has 0 amide bonds. The summed E-state index contributed by atoms with van der Waals surface area (Å²) in [5, 5.41) is 3.24. The second-order valence-electron chi connectivity index (χ2n) is 8.98. The Hall–Kier alpha value is -3.13. The highest BCUT2D eigenvalue weighted by atomic mass is 32.2. The topological polar surface area (TPSA) is 103 Å². The number of carbonyl (C=O) groups excluding carboxylic acids is 1. The maximum atomic E-state index is 12.7. The van der Waals surface area contributed by atoms with Crippen molar-refractivity contribution in [2.24, 2.45) is 0 Å². The Morgan fingerprint density at radius 2 is 1.82 bits per heavy atom. The number of nitrogens with one attached hydrogen (secondary N) is 1. The highest BCUT2D eigenvalue weighted by Gasteiger charge is 2.23. The predicted octanol–water partition coefficient (Wildman–Crippen LogP) is 5.02. The zero-order valence-corrected chi connectivity index (χ0v) is 20.5. The molecule has 0 unspecified atom stereocenters. The maximum Gasteiger partial charge on any atom is 0.340 e. The van der Waals surface area contributed by atoms with Gasteiger partial charge in [0.1, 0.15) is 11.2 Å². The molecule has 0 aliphatic carbocycles. The van der Waals surface area contributed by atoms with Gasteiger partial charge in [0.2, 0.25) is 14.9 Å². The predicted molar refractivity (Wildman–Crippen MR) is 129 cm³/mol. The minimum absolute atomic E-state index is 0.181. The lowest BCUT2D eigenvalue weighted by molar-refractivity contribution is 0.00706. The normalized spacial score (nSPS) is 13.0. The third-order valence-corrected chi connectivity index (χ3v) is 6.62. The van der Waals surface area contributed by atoms with Crippen molar-refractivity contribution < 1.29 is 22.4 Å². The van der Waals surface area contributed by atoms with Gasteiger partial charge in [0.15, 0.2) is 5.43 Å². The number of hydrogen-bond acceptors (Lipinski definition) is 7. The Morgan fingerprint density at radius 3 is 2.45 bits per heavy atom. The molecule has 176 valence electrons. The van der Waals surface area contributed by atoms with Crippen LogP contribution in [0.1, 0.15) is 62.1 Å². The van der Waals surface area contributed by atoms with Crippen molar-refractivity contribution in [2.45, 2.75) is 58.3 Å². The molecule has 33 heavy (non-hydrogen) atoms. The SMILES string of the molecule is CCS(=O)(=O)c1cc(=O)c2cc(C)cc([C@@H](C)Nc3ccccc3C(=O)OC(C)(C)C)c2o1. The van der Waals surface area contributed by atoms with Gasteiger partial charge in [-0.3, -0.25) is 4.79 Å².